The maximum absolute atomic E-state index is 5.53. The molecule has 0 bridgehead atoms. The minimum Gasteiger partial charge on any atom is -0.378 e. The van der Waals surface area contributed by atoms with E-state index >= 15 is 0 Å². The first-order chi connectivity index (χ1) is 17.5. The lowest BCUT2D eigenvalue weighted by Gasteiger charge is -2.28. The van der Waals surface area contributed by atoms with Crippen LogP contribution in [0.1, 0.15) is 48.9 Å². The van der Waals surface area contributed by atoms with Gasteiger partial charge in [-0.25, -0.2) is 4.98 Å². The first-order valence-corrected chi connectivity index (χ1v) is 13.4. The second-order valence-corrected chi connectivity index (χ2v) is 10.6. The number of morpholine rings is 1. The number of nitrogens with zero attached hydrogens (tertiary/aromatic N) is 4. The number of rotatable bonds is 8. The fraction of sp³-hybridized carbons (Fsp3) is 0.393. The monoisotopic (exact) mass is 502 g/mol. The average Bonchev–Trinajstić information content (AvgIpc) is 3.40. The Bertz CT molecular complexity index is 1330. The van der Waals surface area contributed by atoms with E-state index in [1.54, 1.807) is 0 Å². The number of hydrogen-bond donors (Lipinski definition) is 2. The zero-order valence-corrected chi connectivity index (χ0v) is 22.2. The summed E-state index contributed by atoms with van der Waals surface area (Å²) in [5.41, 5.74) is 3.56. The van der Waals surface area contributed by atoms with E-state index < -0.39 is 0 Å². The van der Waals surface area contributed by atoms with Crippen molar-refractivity contribution in [1.29, 1.82) is 0 Å². The third-order valence-corrected chi connectivity index (χ3v) is 7.92. The number of benzene rings is 1. The molecule has 0 radical (unpaired) electrons. The number of aromatic nitrogens is 3. The zero-order chi connectivity index (χ0) is 25.1. The second-order valence-electron chi connectivity index (χ2n) is 9.53. The molecule has 188 valence electrons. The van der Waals surface area contributed by atoms with Gasteiger partial charge in [0.25, 0.3) is 0 Å². The predicted molar refractivity (Wildman–Crippen MR) is 149 cm³/mol. The van der Waals surface area contributed by atoms with E-state index in [4.69, 9.17) is 9.72 Å². The van der Waals surface area contributed by atoms with Gasteiger partial charge in [-0.1, -0.05) is 38.1 Å². The number of nitrogens with one attached hydrogen (secondary N) is 2. The van der Waals surface area contributed by atoms with E-state index in [1.165, 1.54) is 20.9 Å². The molecule has 7 nitrogen and oxygen atoms in total. The van der Waals surface area contributed by atoms with Crippen molar-refractivity contribution in [2.45, 2.75) is 39.3 Å². The molecule has 5 rings (SSSR count). The first-order valence-electron chi connectivity index (χ1n) is 12.6. The Morgan fingerprint density at radius 3 is 2.61 bits per heavy atom. The molecule has 8 heteroatoms. The highest BCUT2D eigenvalue weighted by Gasteiger charge is 2.19. The molecule has 0 saturated carbocycles. The van der Waals surface area contributed by atoms with E-state index in [2.05, 4.69) is 89.0 Å². The fourth-order valence-corrected chi connectivity index (χ4v) is 5.74. The second kappa shape index (κ2) is 10.9. The molecule has 2 N–H and O–H groups in total. The van der Waals surface area contributed by atoms with Crippen molar-refractivity contribution in [3.63, 3.8) is 0 Å². The molecule has 4 aromatic rings. The van der Waals surface area contributed by atoms with Crippen molar-refractivity contribution in [3.05, 3.63) is 64.8 Å². The molecule has 1 atom stereocenters. The van der Waals surface area contributed by atoms with Crippen molar-refractivity contribution in [1.82, 2.24) is 20.5 Å². The standard InChI is InChI=1S/C28H34N6OS/c1-18(2)27-23-17-30-26(34-11-13-35-14-12-34)15-22(23)28(33-32-27)31-19(3)24-9-10-25(36-24)21-8-6-5-7-20(21)16-29-4/h5-10,15,17-19,29H,11-14,16H2,1-4H3,(H,31,33)/t19-/m1/s1. The van der Waals surface area contributed by atoms with Crippen LogP contribution in [0.3, 0.4) is 0 Å². The van der Waals surface area contributed by atoms with Crippen molar-refractivity contribution in [2.24, 2.45) is 0 Å². The Morgan fingerprint density at radius 2 is 1.83 bits per heavy atom. The van der Waals surface area contributed by atoms with Crippen LogP contribution in [0.15, 0.2) is 48.7 Å². The molecule has 0 spiro atoms. The molecule has 1 aliphatic heterocycles. The van der Waals surface area contributed by atoms with Crippen molar-refractivity contribution in [2.75, 3.05) is 43.6 Å². The minimum absolute atomic E-state index is 0.0858. The van der Waals surface area contributed by atoms with Gasteiger partial charge >= 0.3 is 0 Å². The predicted octanol–water partition coefficient (Wildman–Crippen LogP) is 5.61. The number of fused-ring (bicyclic) bond motifs is 1. The van der Waals surface area contributed by atoms with Crippen LogP contribution in [0.4, 0.5) is 11.6 Å². The lowest BCUT2D eigenvalue weighted by atomic mass is 10.0. The number of pyridine rings is 1. The van der Waals surface area contributed by atoms with Gasteiger partial charge < -0.3 is 20.3 Å². The van der Waals surface area contributed by atoms with Crippen LogP contribution in [0.25, 0.3) is 21.2 Å². The normalized spacial score (nSPS) is 15.0. The van der Waals surface area contributed by atoms with Crippen LogP contribution in [0, 0.1) is 0 Å². The largest absolute Gasteiger partial charge is 0.378 e. The van der Waals surface area contributed by atoms with Gasteiger partial charge in [-0.2, -0.15) is 5.10 Å². The summed E-state index contributed by atoms with van der Waals surface area (Å²) in [6, 6.07) is 15.3. The summed E-state index contributed by atoms with van der Waals surface area (Å²) >= 11 is 1.82. The van der Waals surface area contributed by atoms with Gasteiger partial charge in [0, 0.05) is 46.4 Å². The van der Waals surface area contributed by atoms with Gasteiger partial charge in [-0.3, -0.25) is 0 Å². The maximum atomic E-state index is 5.53. The molecular formula is C28H34N6OS. The summed E-state index contributed by atoms with van der Waals surface area (Å²) in [6.45, 7) is 10.5. The van der Waals surface area contributed by atoms with Crippen LogP contribution in [-0.4, -0.2) is 48.5 Å². The molecular weight excluding hydrogens is 468 g/mol. The molecule has 0 unspecified atom stereocenters. The van der Waals surface area contributed by atoms with E-state index in [0.717, 1.165) is 61.0 Å². The molecule has 1 aliphatic rings. The number of hydrogen-bond acceptors (Lipinski definition) is 8. The van der Waals surface area contributed by atoms with Crippen LogP contribution in [0.5, 0.6) is 0 Å². The molecule has 1 saturated heterocycles. The number of anilines is 2. The third kappa shape index (κ3) is 5.07. The highest BCUT2D eigenvalue weighted by Crippen LogP contribution is 2.36. The van der Waals surface area contributed by atoms with Gasteiger partial charge in [0.05, 0.1) is 24.9 Å². The van der Waals surface area contributed by atoms with Crippen LogP contribution < -0.4 is 15.5 Å². The molecule has 0 amide bonds. The number of thiophene rings is 1. The SMILES string of the molecule is CNCc1ccccc1-c1ccc([C@@H](C)Nc2nnc(C(C)C)c3cnc(N4CCOCC4)cc23)s1. The highest BCUT2D eigenvalue weighted by atomic mass is 32.1. The Morgan fingerprint density at radius 1 is 1.03 bits per heavy atom. The van der Waals surface area contributed by atoms with E-state index in [1.807, 2.05) is 24.6 Å². The Balaban J connectivity index is 1.46. The first kappa shape index (κ1) is 24.6. The lowest BCUT2D eigenvalue weighted by Crippen LogP contribution is -2.36. The van der Waals surface area contributed by atoms with Gasteiger partial charge in [0.2, 0.25) is 0 Å². The fourth-order valence-electron chi connectivity index (χ4n) is 4.67. The summed E-state index contributed by atoms with van der Waals surface area (Å²) in [6.07, 6.45) is 1.96. The Hall–Kier alpha value is -3.07. The molecule has 4 heterocycles. The van der Waals surface area contributed by atoms with Crippen molar-refractivity contribution in [3.8, 4) is 10.4 Å². The van der Waals surface area contributed by atoms with Crippen LogP contribution >= 0.6 is 11.3 Å². The number of ether oxygens (including phenoxy) is 1. The minimum atomic E-state index is 0.0858. The summed E-state index contributed by atoms with van der Waals surface area (Å²) in [4.78, 5) is 9.59. The van der Waals surface area contributed by atoms with Crippen LogP contribution in [-0.2, 0) is 11.3 Å². The quantitative estimate of drug-likeness (QED) is 0.325. The van der Waals surface area contributed by atoms with Crippen molar-refractivity contribution < 1.29 is 4.74 Å². The van der Waals surface area contributed by atoms with E-state index in [-0.39, 0.29) is 12.0 Å². The molecule has 0 aliphatic carbocycles. The van der Waals surface area contributed by atoms with E-state index in [9.17, 15) is 0 Å². The summed E-state index contributed by atoms with van der Waals surface area (Å²) in [5.74, 6) is 2.02. The molecule has 1 aromatic carbocycles. The Kier molecular flexibility index (Phi) is 7.46. The average molecular weight is 503 g/mol. The summed E-state index contributed by atoms with van der Waals surface area (Å²) < 4.78 is 5.53. The van der Waals surface area contributed by atoms with Gasteiger partial charge in [-0.15, -0.1) is 16.4 Å². The van der Waals surface area contributed by atoms with E-state index in [0.29, 0.717) is 0 Å². The molecule has 1 fully saturated rings. The maximum Gasteiger partial charge on any atom is 0.157 e. The van der Waals surface area contributed by atoms with Crippen LogP contribution in [0.2, 0.25) is 0 Å². The van der Waals surface area contributed by atoms with Gasteiger partial charge in [0.1, 0.15) is 5.82 Å². The smallest absolute Gasteiger partial charge is 0.157 e. The highest BCUT2D eigenvalue weighted by molar-refractivity contribution is 7.15. The summed E-state index contributed by atoms with van der Waals surface area (Å²) in [7, 11) is 1.98. The van der Waals surface area contributed by atoms with Crippen molar-refractivity contribution >= 4 is 33.7 Å². The zero-order valence-electron chi connectivity index (χ0n) is 21.4. The molecule has 3 aromatic heterocycles. The summed E-state index contributed by atoms with van der Waals surface area (Å²) in [5, 5.41) is 18.3. The third-order valence-electron chi connectivity index (χ3n) is 6.62. The molecule has 36 heavy (non-hydrogen) atoms. The van der Waals surface area contributed by atoms with Gasteiger partial charge in [-0.05, 0) is 49.2 Å². The van der Waals surface area contributed by atoms with Gasteiger partial charge in [0.15, 0.2) is 5.82 Å². The topological polar surface area (TPSA) is 75.2 Å². The lowest BCUT2D eigenvalue weighted by molar-refractivity contribution is 0.122. The Labute approximate surface area is 216 Å².